The summed E-state index contributed by atoms with van der Waals surface area (Å²) in [5.41, 5.74) is -2.02. The van der Waals surface area contributed by atoms with Crippen LogP contribution in [0.15, 0.2) is 0 Å². The maximum absolute atomic E-state index is 14.6. The van der Waals surface area contributed by atoms with Crippen molar-refractivity contribution in [2.24, 2.45) is 55.0 Å². The van der Waals surface area contributed by atoms with Gasteiger partial charge < -0.3 is 50.1 Å². The van der Waals surface area contributed by atoms with E-state index < -0.39 is 55.3 Å². The number of unbranched alkanes of at least 4 members (excludes halogenated alkanes) is 1. The maximum atomic E-state index is 14.6. The molecule has 0 bridgehead atoms. The molecular weight excluding hydrogens is 1020 g/mol. The number of thiol groups is 1. The molecule has 0 fully saturated rings. The van der Waals surface area contributed by atoms with Gasteiger partial charge >= 0.3 is 17.9 Å². The summed E-state index contributed by atoms with van der Waals surface area (Å²) in [6.07, 6.45) is 8.48. The quantitative estimate of drug-likeness (QED) is 0.0116. The van der Waals surface area contributed by atoms with E-state index in [1.807, 2.05) is 104 Å². The number of amides is 2. The number of aliphatic hydroxyl groups is 2. The molecule has 0 rings (SSSR count). The third kappa shape index (κ3) is 29.0. The fourth-order valence-electron chi connectivity index (χ4n) is 9.84. The molecule has 466 valence electrons. The number of quaternary nitrogens is 2. The second-order valence-electron chi connectivity index (χ2n) is 25.1. The van der Waals surface area contributed by atoms with E-state index in [4.69, 9.17) is 30.3 Å². The lowest BCUT2D eigenvalue weighted by Crippen LogP contribution is -3.05. The van der Waals surface area contributed by atoms with Crippen LogP contribution in [0.5, 0.6) is 0 Å². The molecule has 77 heavy (non-hydrogen) atoms. The van der Waals surface area contributed by atoms with E-state index in [2.05, 4.69) is 101 Å². The Labute approximate surface area is 483 Å². The second kappa shape index (κ2) is 42.7. The van der Waals surface area contributed by atoms with Gasteiger partial charge in [-0.2, -0.15) is 12.6 Å². The number of nitrogens with one attached hydrogen (secondary N) is 2. The van der Waals surface area contributed by atoms with Gasteiger partial charge in [0.2, 0.25) is 11.8 Å². The minimum absolute atomic E-state index is 0.0171. The number of hydrogen-bond donors (Lipinski definition) is 8. The van der Waals surface area contributed by atoms with E-state index >= 15 is 0 Å². The number of nitrogens with zero attached hydrogens (tertiary/aromatic N) is 1. The van der Waals surface area contributed by atoms with Crippen molar-refractivity contribution in [1.82, 2.24) is 5.32 Å². The number of rotatable bonds is 29. The zero-order valence-corrected chi connectivity index (χ0v) is 57.4. The molecule has 0 aromatic heterocycles. The van der Waals surface area contributed by atoms with Crippen LogP contribution in [0, 0.1) is 49.2 Å². The third-order valence-electron chi connectivity index (χ3n) is 16.7. The van der Waals surface area contributed by atoms with Gasteiger partial charge in [0.1, 0.15) is 13.2 Å². The van der Waals surface area contributed by atoms with Gasteiger partial charge in [0.25, 0.3) is 0 Å². The van der Waals surface area contributed by atoms with Crippen LogP contribution in [0.3, 0.4) is 0 Å². The predicted molar refractivity (Wildman–Crippen MR) is 331 cm³/mol. The first-order chi connectivity index (χ1) is 35.0. The Bertz CT molecular complexity index is 1560. The minimum atomic E-state index is -1.20. The van der Waals surface area contributed by atoms with Gasteiger partial charge in [-0.3, -0.25) is 24.0 Å². The number of carboxylic acids is 1. The first-order valence-corrected chi connectivity index (χ1v) is 29.9. The molecular formula is C60H131N4O11PS+2. The monoisotopic (exact) mass is 1150 g/mol. The molecule has 5 unspecified atom stereocenters. The Hall–Kier alpha value is -2.07. The standard InChI is InChI=1S/C36H69NO6.C9H19NOS.C6H13NO2.C5H14NO.2C2H6.H3OP/c1-19-21-37-26(39)34(16,24-25(3)4)30(8,9)31(10,11)36(18,28(41)42-20-2)33(14,15)32(12,13)35(17,29(5,6)7)27(40)43-23-22-38;1-2-5-8(12)6-3-4-7-9(10)11;1-7(2)5-3-4-6(8)9;1-6(2,3)4-5-7;3*1-2/h25,38H,19-24H2,1-18H3,(H,37,39);8,12H,2-7H2,1H3,(H2,10,11);3-5H2,1-2H3,(H,8,9);7H,4-5H2,1-3H3;2*1-2H3;1H,2H2/q;;;+1;;;/p+1. The number of nitrogens with two attached hydrogens (primary N) is 1. The summed E-state index contributed by atoms with van der Waals surface area (Å²) in [6.45, 7) is 49.3. The summed E-state index contributed by atoms with van der Waals surface area (Å²) >= 11 is 4.42. The summed E-state index contributed by atoms with van der Waals surface area (Å²) in [5, 5.41) is 29.7. The van der Waals surface area contributed by atoms with E-state index in [0.29, 0.717) is 31.1 Å². The van der Waals surface area contributed by atoms with Crippen LogP contribution < -0.4 is 16.0 Å². The molecule has 0 aliphatic rings. The summed E-state index contributed by atoms with van der Waals surface area (Å²) in [6, 6.07) is 0. The fraction of sp³-hybridized carbons (Fsp3) is 0.917. The molecule has 0 heterocycles. The number of primary amides is 1. The van der Waals surface area contributed by atoms with Crippen molar-refractivity contribution in [2.75, 3.05) is 81.3 Å². The molecule has 8 N–H and O–H groups in total. The van der Waals surface area contributed by atoms with Gasteiger partial charge in [0, 0.05) is 24.6 Å². The topological polar surface area (TPSA) is 227 Å². The largest absolute Gasteiger partial charge is 0.481 e. The number of carbonyl (C=O) groups excluding carboxylic acids is 4. The molecule has 0 aromatic carbocycles. The average Bonchev–Trinajstić information content (AvgIpc) is 3.31. The SMILES string of the molecule is CC.CC.CCCC(S)CCCCC(N)=O.CCCNC(=O)C(C)(CC(C)C)C(C)(C)C(C)(C)C(C)(C(=O)OCC)C(C)(C)C(C)(C)C(C)(C(=O)OCCO)C(C)(C)C.C[N+](C)(C)CCO.C[NH+](C)CCCC(=O)O.OP. The zero-order chi connectivity index (χ0) is 63.3. The Morgan fingerprint density at radius 3 is 1.43 bits per heavy atom. The van der Waals surface area contributed by atoms with Crippen LogP contribution in [-0.2, 0) is 33.4 Å². The molecule has 0 radical (unpaired) electrons. The normalized spacial score (nSPS) is 14.5. The predicted octanol–water partition coefficient (Wildman–Crippen LogP) is 10.5. The molecule has 0 aliphatic carbocycles. The van der Waals surface area contributed by atoms with E-state index in [9.17, 15) is 29.1 Å². The van der Waals surface area contributed by atoms with Gasteiger partial charge in [-0.05, 0) is 95.3 Å². The van der Waals surface area contributed by atoms with Crippen molar-refractivity contribution in [3.8, 4) is 0 Å². The molecule has 0 aromatic rings. The van der Waals surface area contributed by atoms with E-state index in [-0.39, 0.29) is 50.1 Å². The Balaban J connectivity index is -0.000000231. The molecule has 17 heteroatoms. The molecule has 5 atom stereocenters. The van der Waals surface area contributed by atoms with Gasteiger partial charge in [-0.25, -0.2) is 0 Å². The van der Waals surface area contributed by atoms with Gasteiger partial charge in [0.05, 0.1) is 84.3 Å². The van der Waals surface area contributed by atoms with Crippen LogP contribution in [-0.4, -0.2) is 141 Å². The lowest BCUT2D eigenvalue weighted by atomic mass is 9.34. The number of likely N-dealkylation sites (N-methyl/N-ethyl adjacent to an activating group) is 1. The van der Waals surface area contributed by atoms with Crippen LogP contribution in [0.25, 0.3) is 0 Å². The van der Waals surface area contributed by atoms with Crippen molar-refractivity contribution < 1.29 is 63.0 Å². The van der Waals surface area contributed by atoms with Crippen LogP contribution in [0.2, 0.25) is 0 Å². The highest BCUT2D eigenvalue weighted by Gasteiger charge is 2.73. The number of aliphatic carboxylic acids is 1. The van der Waals surface area contributed by atoms with Crippen molar-refractivity contribution in [2.45, 2.75) is 229 Å². The lowest BCUT2D eigenvalue weighted by molar-refractivity contribution is -0.870. The van der Waals surface area contributed by atoms with Crippen molar-refractivity contribution in [3.05, 3.63) is 0 Å². The summed E-state index contributed by atoms with van der Waals surface area (Å²) in [7, 11) is 11.6. The smallest absolute Gasteiger partial charge is 0.312 e. The third-order valence-corrected chi connectivity index (χ3v) is 17.2. The number of ether oxygens (including phenoxy) is 2. The average molecular weight is 1150 g/mol. The van der Waals surface area contributed by atoms with E-state index in [0.717, 1.165) is 49.7 Å². The highest BCUT2D eigenvalue weighted by atomic mass is 32.1. The minimum Gasteiger partial charge on any atom is -0.481 e. The highest BCUT2D eigenvalue weighted by molar-refractivity contribution is 7.80. The first-order valence-electron chi connectivity index (χ1n) is 28.8. The molecule has 15 nitrogen and oxygen atoms in total. The highest BCUT2D eigenvalue weighted by Crippen LogP contribution is 2.72. The summed E-state index contributed by atoms with van der Waals surface area (Å²) < 4.78 is 12.4. The van der Waals surface area contributed by atoms with Gasteiger partial charge in [-0.15, -0.1) is 0 Å². The van der Waals surface area contributed by atoms with Crippen molar-refractivity contribution >= 4 is 51.8 Å². The van der Waals surface area contributed by atoms with Gasteiger partial charge in [0.15, 0.2) is 0 Å². The molecule has 2 amide bonds. The van der Waals surface area contributed by atoms with E-state index in [1.165, 1.54) is 27.2 Å². The van der Waals surface area contributed by atoms with Gasteiger partial charge in [-0.1, -0.05) is 151 Å². The maximum Gasteiger partial charge on any atom is 0.312 e. The molecule has 0 saturated carbocycles. The Morgan fingerprint density at radius 2 is 1.10 bits per heavy atom. The number of esters is 2. The van der Waals surface area contributed by atoms with E-state index in [1.54, 1.807) is 6.92 Å². The zero-order valence-electron chi connectivity index (χ0n) is 55.4. The van der Waals surface area contributed by atoms with Crippen molar-refractivity contribution in [3.63, 3.8) is 0 Å². The summed E-state index contributed by atoms with van der Waals surface area (Å²) in [4.78, 5) is 71.2. The second-order valence-corrected chi connectivity index (χ2v) is 25.8. The first kappa shape index (κ1) is 88.8. The fourth-order valence-corrected chi connectivity index (χ4v) is 10.3. The number of hydrogen-bond acceptors (Lipinski definition) is 11. The Kier molecular flexibility index (Phi) is 49.3. The molecule has 0 aliphatic heterocycles. The van der Waals surface area contributed by atoms with Crippen molar-refractivity contribution in [1.29, 1.82) is 0 Å². The number of carbonyl (C=O) groups is 5. The van der Waals surface area contributed by atoms with Crippen LogP contribution >= 0.6 is 22.1 Å². The molecule has 0 saturated heterocycles. The van der Waals surface area contributed by atoms with Crippen LogP contribution in [0.1, 0.15) is 223 Å². The Morgan fingerprint density at radius 1 is 0.662 bits per heavy atom. The number of aliphatic hydroxyl groups excluding tert-OH is 2. The molecule has 0 spiro atoms. The van der Waals surface area contributed by atoms with Crippen LogP contribution in [0.4, 0.5) is 0 Å². The lowest BCUT2D eigenvalue weighted by Gasteiger charge is -2.68. The summed E-state index contributed by atoms with van der Waals surface area (Å²) in [5.74, 6) is -1.45. The number of carboxylic acid groups (broad SMARTS) is 1.